The zero-order chi connectivity index (χ0) is 20.9. The number of nitrogens with zero attached hydrogens (tertiary/aromatic N) is 2. The molecule has 0 bridgehead atoms. The number of nitrogens with one attached hydrogen (secondary N) is 1. The number of amides is 1. The number of anilines is 2. The fourth-order valence-corrected chi connectivity index (χ4v) is 4.07. The lowest BCUT2D eigenvalue weighted by atomic mass is 9.92. The van der Waals surface area contributed by atoms with Crippen molar-refractivity contribution in [3.05, 3.63) is 38.6 Å². The Kier molecular flexibility index (Phi) is 5.35. The first kappa shape index (κ1) is 20.9. The van der Waals surface area contributed by atoms with Gasteiger partial charge in [-0.25, -0.2) is 9.37 Å². The average molecular weight is 436 g/mol. The van der Waals surface area contributed by atoms with E-state index in [1.54, 1.807) is 4.90 Å². The summed E-state index contributed by atoms with van der Waals surface area (Å²) in [5.41, 5.74) is 0.375. The summed E-state index contributed by atoms with van der Waals surface area (Å²) in [6.07, 6.45) is -4.27. The van der Waals surface area contributed by atoms with Crippen LogP contribution in [0.15, 0.2) is 12.1 Å². The third-order valence-electron chi connectivity index (χ3n) is 4.04. The Balaban J connectivity index is 1.76. The minimum absolute atomic E-state index is 0.0245. The van der Waals surface area contributed by atoms with E-state index in [0.717, 1.165) is 0 Å². The van der Waals surface area contributed by atoms with Crippen molar-refractivity contribution in [3.8, 4) is 0 Å². The third-order valence-corrected chi connectivity index (χ3v) is 5.47. The van der Waals surface area contributed by atoms with Gasteiger partial charge in [0.15, 0.2) is 5.01 Å². The maximum Gasteiger partial charge on any atom is 0.443 e. The number of thiazole rings is 1. The van der Waals surface area contributed by atoms with Crippen molar-refractivity contribution in [3.63, 3.8) is 0 Å². The molecule has 10 heteroatoms. The van der Waals surface area contributed by atoms with E-state index in [9.17, 15) is 22.4 Å². The van der Waals surface area contributed by atoms with Crippen molar-refractivity contribution < 1.29 is 22.4 Å². The zero-order valence-corrected chi connectivity index (χ0v) is 16.9. The van der Waals surface area contributed by atoms with Gasteiger partial charge in [0, 0.05) is 17.0 Å². The van der Waals surface area contributed by atoms with Crippen molar-refractivity contribution in [2.75, 3.05) is 10.2 Å². The molecule has 3 rings (SSSR count). The van der Waals surface area contributed by atoms with Crippen molar-refractivity contribution in [1.29, 1.82) is 0 Å². The SMILES string of the molecule is CC(C)(C)CC(=O)Nc1c(F)cc(N2Cc3nc(C(F)(F)F)sc3C2)cc1Cl. The highest BCUT2D eigenvalue weighted by Crippen LogP contribution is 2.40. The van der Waals surface area contributed by atoms with E-state index in [4.69, 9.17) is 11.6 Å². The minimum atomic E-state index is -4.47. The van der Waals surface area contributed by atoms with Crippen molar-refractivity contribution in [2.45, 2.75) is 46.5 Å². The molecule has 0 atom stereocenters. The predicted molar refractivity (Wildman–Crippen MR) is 101 cm³/mol. The molecule has 0 saturated carbocycles. The highest BCUT2D eigenvalue weighted by molar-refractivity contribution is 7.11. The van der Waals surface area contributed by atoms with Crippen LogP contribution in [0, 0.1) is 11.2 Å². The Bertz CT molecular complexity index is 874. The number of carbonyl (C=O) groups is 1. The molecule has 1 amide bonds. The summed E-state index contributed by atoms with van der Waals surface area (Å²) >= 11 is 6.75. The molecule has 1 aromatic heterocycles. The van der Waals surface area contributed by atoms with E-state index in [1.165, 1.54) is 12.1 Å². The number of aromatic nitrogens is 1. The maximum atomic E-state index is 14.5. The van der Waals surface area contributed by atoms with Gasteiger partial charge in [0.2, 0.25) is 5.91 Å². The number of alkyl halides is 3. The van der Waals surface area contributed by atoms with E-state index in [0.29, 0.717) is 27.6 Å². The molecule has 28 heavy (non-hydrogen) atoms. The first-order valence-electron chi connectivity index (χ1n) is 8.43. The summed E-state index contributed by atoms with van der Waals surface area (Å²) in [4.78, 5) is 17.9. The zero-order valence-electron chi connectivity index (χ0n) is 15.4. The molecule has 1 aliphatic heterocycles. The van der Waals surface area contributed by atoms with Crippen LogP contribution in [0.5, 0.6) is 0 Å². The molecule has 1 aliphatic rings. The summed E-state index contributed by atoms with van der Waals surface area (Å²) in [5.74, 6) is -1.06. The van der Waals surface area contributed by atoms with Crippen LogP contribution in [0.4, 0.5) is 28.9 Å². The number of hydrogen-bond acceptors (Lipinski definition) is 4. The second kappa shape index (κ2) is 7.18. The Labute approximate surface area is 168 Å². The van der Waals surface area contributed by atoms with Crippen LogP contribution in [0.2, 0.25) is 5.02 Å². The molecule has 2 heterocycles. The largest absolute Gasteiger partial charge is 0.443 e. The van der Waals surface area contributed by atoms with Gasteiger partial charge in [-0.05, 0) is 17.5 Å². The van der Waals surface area contributed by atoms with Gasteiger partial charge < -0.3 is 10.2 Å². The molecule has 1 N–H and O–H groups in total. The number of rotatable bonds is 3. The molecule has 4 nitrogen and oxygen atoms in total. The number of benzene rings is 1. The predicted octanol–water partition coefficient (Wildman–Crippen LogP) is 5.85. The van der Waals surface area contributed by atoms with Crippen LogP contribution in [0.3, 0.4) is 0 Å². The smallest absolute Gasteiger partial charge is 0.360 e. The maximum absolute atomic E-state index is 14.5. The van der Waals surface area contributed by atoms with Gasteiger partial charge in [0.25, 0.3) is 0 Å². The van der Waals surface area contributed by atoms with Gasteiger partial charge in [-0.2, -0.15) is 13.2 Å². The summed E-state index contributed by atoms with van der Waals surface area (Å²) in [6.45, 7) is 5.98. The highest BCUT2D eigenvalue weighted by atomic mass is 35.5. The van der Waals surface area contributed by atoms with Gasteiger partial charge in [0.1, 0.15) is 5.82 Å². The normalized spacial score (nSPS) is 14.4. The summed E-state index contributed by atoms with van der Waals surface area (Å²) in [5, 5.41) is 1.64. The van der Waals surface area contributed by atoms with Crippen LogP contribution >= 0.6 is 22.9 Å². The number of fused-ring (bicyclic) bond motifs is 1. The summed E-state index contributed by atoms with van der Waals surface area (Å²) in [6, 6.07) is 2.69. The molecule has 1 aromatic carbocycles. The van der Waals surface area contributed by atoms with Crippen LogP contribution in [0.1, 0.15) is 42.8 Å². The molecule has 0 saturated heterocycles. The van der Waals surface area contributed by atoms with Gasteiger partial charge in [-0.1, -0.05) is 32.4 Å². The Morgan fingerprint density at radius 1 is 1.29 bits per heavy atom. The molecular formula is C18H18ClF4N3OS. The van der Waals surface area contributed by atoms with Gasteiger partial charge in [-0.15, -0.1) is 11.3 Å². The lowest BCUT2D eigenvalue weighted by Gasteiger charge is -2.21. The molecule has 2 aromatic rings. The lowest BCUT2D eigenvalue weighted by molar-refractivity contribution is -0.137. The van der Waals surface area contributed by atoms with Crippen LogP contribution in [0.25, 0.3) is 0 Å². The van der Waals surface area contributed by atoms with Gasteiger partial charge in [0.05, 0.1) is 29.5 Å². The lowest BCUT2D eigenvalue weighted by Crippen LogP contribution is -2.21. The van der Waals surface area contributed by atoms with E-state index in [1.807, 2.05) is 20.8 Å². The number of hydrogen-bond donors (Lipinski definition) is 1. The summed E-state index contributed by atoms with van der Waals surface area (Å²) < 4.78 is 52.8. The summed E-state index contributed by atoms with van der Waals surface area (Å²) in [7, 11) is 0. The molecule has 0 unspecified atom stereocenters. The Hall–Kier alpha value is -1.87. The van der Waals surface area contributed by atoms with Crippen molar-refractivity contribution >= 4 is 40.2 Å². The average Bonchev–Trinajstić information content (AvgIpc) is 3.07. The number of carbonyl (C=O) groups excluding carboxylic acids is 1. The fourth-order valence-electron chi connectivity index (χ4n) is 2.87. The first-order valence-corrected chi connectivity index (χ1v) is 9.62. The topological polar surface area (TPSA) is 45.2 Å². The highest BCUT2D eigenvalue weighted by Gasteiger charge is 2.38. The number of halogens is 5. The molecule has 0 fully saturated rings. The molecule has 152 valence electrons. The van der Waals surface area contributed by atoms with E-state index in [2.05, 4.69) is 10.3 Å². The molecule has 0 radical (unpaired) electrons. The van der Waals surface area contributed by atoms with Gasteiger partial charge >= 0.3 is 6.18 Å². The van der Waals surface area contributed by atoms with Crippen molar-refractivity contribution in [1.82, 2.24) is 4.98 Å². The Morgan fingerprint density at radius 2 is 1.96 bits per heavy atom. The second-order valence-corrected chi connectivity index (χ2v) is 9.30. The quantitative estimate of drug-likeness (QED) is 0.615. The minimum Gasteiger partial charge on any atom is -0.360 e. The van der Waals surface area contributed by atoms with E-state index >= 15 is 0 Å². The fraction of sp³-hybridized carbons (Fsp3) is 0.444. The molecule has 0 spiro atoms. The van der Waals surface area contributed by atoms with Crippen LogP contribution < -0.4 is 10.2 Å². The van der Waals surface area contributed by atoms with Crippen LogP contribution in [-0.4, -0.2) is 10.9 Å². The third kappa shape index (κ3) is 4.57. The first-order chi connectivity index (χ1) is 12.8. The molecule has 0 aliphatic carbocycles. The van der Waals surface area contributed by atoms with Crippen molar-refractivity contribution in [2.24, 2.45) is 5.41 Å². The molecular weight excluding hydrogens is 418 g/mol. The standard InChI is InChI=1S/C18H18ClF4N3OS/c1-17(2,3)6-14(27)25-15-10(19)4-9(5-11(15)20)26-7-12-13(8-26)28-16(24-12)18(21,22)23/h4-5H,6-8H2,1-3H3,(H,25,27). The Morgan fingerprint density at radius 3 is 2.50 bits per heavy atom. The van der Waals surface area contributed by atoms with E-state index < -0.39 is 17.0 Å². The monoisotopic (exact) mass is 435 g/mol. The van der Waals surface area contributed by atoms with Gasteiger partial charge in [-0.3, -0.25) is 4.79 Å². The van der Waals surface area contributed by atoms with E-state index in [-0.39, 0.29) is 41.5 Å². The second-order valence-electron chi connectivity index (χ2n) is 7.81. The van der Waals surface area contributed by atoms with Crippen LogP contribution in [-0.2, 0) is 24.1 Å².